The lowest BCUT2D eigenvalue weighted by Crippen LogP contribution is -2.15. The maximum atomic E-state index is 12.0. The molecule has 98 valence electrons. The highest BCUT2D eigenvalue weighted by Gasteiger charge is 2.19. The first-order valence-electron chi connectivity index (χ1n) is 5.94. The van der Waals surface area contributed by atoms with Gasteiger partial charge in [-0.1, -0.05) is 13.5 Å². The molecular weight excluding hydrogens is 240 g/mol. The summed E-state index contributed by atoms with van der Waals surface area (Å²) >= 11 is 0. The molecule has 0 aliphatic heterocycles. The van der Waals surface area contributed by atoms with E-state index < -0.39 is 5.92 Å². The molecule has 19 heavy (non-hydrogen) atoms. The molecule has 0 N–H and O–H groups in total. The van der Waals surface area contributed by atoms with Crippen molar-refractivity contribution in [3.8, 4) is 6.07 Å². The second-order valence-corrected chi connectivity index (χ2v) is 4.05. The molecule has 1 atom stereocenters. The van der Waals surface area contributed by atoms with Gasteiger partial charge in [-0.05, 0) is 25.1 Å². The molecule has 0 bridgehead atoms. The summed E-state index contributed by atoms with van der Waals surface area (Å²) < 4.78 is 5.48. The Balaban J connectivity index is 2.77. The van der Waals surface area contributed by atoms with Crippen molar-refractivity contribution in [1.82, 2.24) is 4.98 Å². The summed E-state index contributed by atoms with van der Waals surface area (Å²) in [5, 5.41) is 8.61. The average molecular weight is 256 g/mol. The minimum atomic E-state index is -0.391. The fourth-order valence-electron chi connectivity index (χ4n) is 1.44. The van der Waals surface area contributed by atoms with E-state index in [9.17, 15) is 4.79 Å². The standard InChI is InChI=1S/C15H16N2O2/c1-4-14(15(18)11(2)7-8-16)19-12(3)13-6-5-9-17-10-13/h4-6,9-11H,3,7H2,1-2H3/b14-4-. The smallest absolute Gasteiger partial charge is 0.201 e. The second kappa shape index (κ2) is 7.12. The van der Waals surface area contributed by atoms with E-state index in [0.717, 1.165) is 0 Å². The van der Waals surface area contributed by atoms with Crippen molar-refractivity contribution in [2.24, 2.45) is 5.92 Å². The van der Waals surface area contributed by atoms with Gasteiger partial charge in [0, 0.05) is 30.3 Å². The van der Waals surface area contributed by atoms with Gasteiger partial charge in [-0.3, -0.25) is 9.78 Å². The highest BCUT2D eigenvalue weighted by Crippen LogP contribution is 2.19. The molecule has 0 fully saturated rings. The molecule has 4 heteroatoms. The topological polar surface area (TPSA) is 63.0 Å². The molecule has 0 saturated carbocycles. The van der Waals surface area contributed by atoms with E-state index in [4.69, 9.17) is 10.00 Å². The zero-order chi connectivity index (χ0) is 14.3. The first-order chi connectivity index (χ1) is 9.10. The molecule has 1 heterocycles. The number of hydrogen-bond donors (Lipinski definition) is 0. The van der Waals surface area contributed by atoms with Crippen LogP contribution in [-0.4, -0.2) is 10.8 Å². The number of aromatic nitrogens is 1. The van der Waals surface area contributed by atoms with Crippen molar-refractivity contribution < 1.29 is 9.53 Å². The minimum Gasteiger partial charge on any atom is -0.454 e. The van der Waals surface area contributed by atoms with Crippen LogP contribution in [0.15, 0.2) is 42.9 Å². The third kappa shape index (κ3) is 4.07. The summed E-state index contributed by atoms with van der Waals surface area (Å²) in [6.45, 7) is 7.19. The fraction of sp³-hybridized carbons (Fsp3) is 0.267. The fourth-order valence-corrected chi connectivity index (χ4v) is 1.44. The van der Waals surface area contributed by atoms with Crippen LogP contribution in [0.3, 0.4) is 0 Å². The molecule has 0 spiro atoms. The van der Waals surface area contributed by atoms with Crippen LogP contribution < -0.4 is 0 Å². The van der Waals surface area contributed by atoms with E-state index in [1.165, 1.54) is 0 Å². The predicted molar refractivity (Wildman–Crippen MR) is 72.5 cm³/mol. The second-order valence-electron chi connectivity index (χ2n) is 4.05. The average Bonchev–Trinajstić information content (AvgIpc) is 2.45. The van der Waals surface area contributed by atoms with E-state index in [1.54, 1.807) is 44.4 Å². The van der Waals surface area contributed by atoms with Crippen LogP contribution in [0.2, 0.25) is 0 Å². The van der Waals surface area contributed by atoms with E-state index in [1.807, 2.05) is 6.07 Å². The van der Waals surface area contributed by atoms with Gasteiger partial charge >= 0.3 is 0 Å². The van der Waals surface area contributed by atoms with Gasteiger partial charge in [0.15, 0.2) is 5.76 Å². The maximum Gasteiger partial charge on any atom is 0.201 e. The van der Waals surface area contributed by atoms with Crippen molar-refractivity contribution in [3.05, 3.63) is 48.5 Å². The molecule has 4 nitrogen and oxygen atoms in total. The molecule has 0 aliphatic carbocycles. The highest BCUT2D eigenvalue weighted by molar-refractivity contribution is 5.96. The molecule has 1 aromatic heterocycles. The van der Waals surface area contributed by atoms with Gasteiger partial charge in [-0.15, -0.1) is 0 Å². The lowest BCUT2D eigenvalue weighted by Gasteiger charge is -2.13. The number of pyridine rings is 1. The number of nitriles is 1. The molecule has 1 rings (SSSR count). The Kier molecular flexibility index (Phi) is 5.49. The number of rotatable bonds is 6. The lowest BCUT2D eigenvalue weighted by atomic mass is 10.0. The quantitative estimate of drug-likeness (QED) is 0.579. The maximum absolute atomic E-state index is 12.0. The Hall–Kier alpha value is -2.41. The molecule has 0 saturated heterocycles. The first kappa shape index (κ1) is 14.7. The zero-order valence-corrected chi connectivity index (χ0v) is 11.1. The van der Waals surface area contributed by atoms with E-state index >= 15 is 0 Å². The van der Waals surface area contributed by atoms with Crippen LogP contribution in [0.5, 0.6) is 0 Å². The Bertz CT molecular complexity index is 527. The monoisotopic (exact) mass is 256 g/mol. The molecule has 0 radical (unpaired) electrons. The summed E-state index contributed by atoms with van der Waals surface area (Å²) in [4.78, 5) is 16.0. The SMILES string of the molecule is C=C(O/C(=C\C)C(=O)C(C)CC#N)c1cccnc1. The summed E-state index contributed by atoms with van der Waals surface area (Å²) in [6.07, 6.45) is 5.00. The van der Waals surface area contributed by atoms with Crippen molar-refractivity contribution in [2.45, 2.75) is 20.3 Å². The summed E-state index contributed by atoms with van der Waals surface area (Å²) in [6, 6.07) is 5.54. The van der Waals surface area contributed by atoms with E-state index in [2.05, 4.69) is 11.6 Å². The van der Waals surface area contributed by atoms with Crippen LogP contribution >= 0.6 is 0 Å². The van der Waals surface area contributed by atoms with E-state index in [0.29, 0.717) is 11.3 Å². The Morgan fingerprint density at radius 1 is 1.68 bits per heavy atom. The Morgan fingerprint density at radius 2 is 2.42 bits per heavy atom. The highest BCUT2D eigenvalue weighted by atomic mass is 16.5. The first-order valence-corrected chi connectivity index (χ1v) is 5.94. The number of allylic oxidation sites excluding steroid dienone is 2. The van der Waals surface area contributed by atoms with Gasteiger partial charge in [0.2, 0.25) is 5.78 Å². The Morgan fingerprint density at radius 3 is 2.95 bits per heavy atom. The van der Waals surface area contributed by atoms with Crippen LogP contribution in [0.4, 0.5) is 0 Å². The number of ether oxygens (including phenoxy) is 1. The van der Waals surface area contributed by atoms with Crippen molar-refractivity contribution in [1.29, 1.82) is 5.26 Å². The number of Topliss-reactive ketones (excluding diaryl/α,β-unsaturated/α-hetero) is 1. The third-order valence-corrected chi connectivity index (χ3v) is 2.57. The molecule has 1 aromatic rings. The van der Waals surface area contributed by atoms with Gasteiger partial charge in [-0.2, -0.15) is 5.26 Å². The van der Waals surface area contributed by atoms with Gasteiger partial charge in [0.1, 0.15) is 5.76 Å². The predicted octanol–water partition coefficient (Wildman–Crippen LogP) is 3.09. The van der Waals surface area contributed by atoms with Gasteiger partial charge in [0.25, 0.3) is 0 Å². The van der Waals surface area contributed by atoms with Crippen LogP contribution in [0, 0.1) is 17.2 Å². The van der Waals surface area contributed by atoms with Crippen molar-refractivity contribution >= 4 is 11.5 Å². The molecular formula is C15H16N2O2. The van der Waals surface area contributed by atoms with Crippen molar-refractivity contribution in [2.75, 3.05) is 0 Å². The van der Waals surface area contributed by atoms with E-state index in [-0.39, 0.29) is 18.0 Å². The van der Waals surface area contributed by atoms with Gasteiger partial charge in [-0.25, -0.2) is 0 Å². The van der Waals surface area contributed by atoms with Gasteiger partial charge in [0.05, 0.1) is 6.07 Å². The number of carbonyl (C=O) groups excluding carboxylic acids is 1. The normalized spacial score (nSPS) is 12.4. The molecule has 0 amide bonds. The third-order valence-electron chi connectivity index (χ3n) is 2.57. The van der Waals surface area contributed by atoms with Crippen molar-refractivity contribution in [3.63, 3.8) is 0 Å². The Labute approximate surface area is 113 Å². The summed E-state index contributed by atoms with van der Waals surface area (Å²) in [5.41, 5.74) is 0.711. The van der Waals surface area contributed by atoms with Crippen LogP contribution in [0.1, 0.15) is 25.8 Å². The molecule has 0 aromatic carbocycles. The van der Waals surface area contributed by atoms with Crippen LogP contribution in [-0.2, 0) is 9.53 Å². The number of carbonyl (C=O) groups is 1. The summed E-state index contributed by atoms with van der Waals surface area (Å²) in [7, 11) is 0. The molecule has 1 unspecified atom stereocenters. The lowest BCUT2D eigenvalue weighted by molar-refractivity contribution is -0.121. The number of hydrogen-bond acceptors (Lipinski definition) is 4. The molecule has 0 aliphatic rings. The summed E-state index contributed by atoms with van der Waals surface area (Å²) in [5.74, 6) is -0.0256. The largest absolute Gasteiger partial charge is 0.454 e. The number of nitrogens with zero attached hydrogens (tertiary/aromatic N) is 2. The van der Waals surface area contributed by atoms with Gasteiger partial charge < -0.3 is 4.74 Å². The number of ketones is 1. The zero-order valence-electron chi connectivity index (χ0n) is 11.1. The van der Waals surface area contributed by atoms with Crippen LogP contribution in [0.25, 0.3) is 5.76 Å². The minimum absolute atomic E-state index is 0.166.